The lowest BCUT2D eigenvalue weighted by Crippen LogP contribution is -2.49. The highest BCUT2D eigenvalue weighted by atomic mass is 16.7. The highest BCUT2D eigenvalue weighted by Gasteiger charge is 2.43. The number of hydrogen-bond donors (Lipinski definition) is 0. The molecular weight excluding hydrogens is 200 g/mol. The maximum absolute atomic E-state index is 6.02. The van der Waals surface area contributed by atoms with E-state index in [2.05, 4.69) is 52.0 Å². The average Bonchev–Trinajstić information content (AvgIpc) is 2.22. The first kappa shape index (κ1) is 11.9. The Morgan fingerprint density at radius 1 is 1.19 bits per heavy atom. The minimum absolute atomic E-state index is 0.0396. The van der Waals surface area contributed by atoms with E-state index in [1.807, 2.05) is 0 Å². The molecule has 0 amide bonds. The van der Waals surface area contributed by atoms with Gasteiger partial charge < -0.3 is 9.47 Å². The Bertz CT molecular complexity index is 297. The second-order valence-electron chi connectivity index (χ2n) is 5.94. The Balaban J connectivity index is 2.11. The van der Waals surface area contributed by atoms with Crippen molar-refractivity contribution < 1.29 is 9.47 Å². The van der Waals surface area contributed by atoms with Gasteiger partial charge in [-0.3, -0.25) is 0 Å². The normalized spacial score (nSPS) is 33.2. The summed E-state index contributed by atoms with van der Waals surface area (Å²) in [6, 6.07) is 0. The van der Waals surface area contributed by atoms with Gasteiger partial charge in [-0.25, -0.2) is 0 Å². The Hall–Kier alpha value is -0.600. The van der Waals surface area contributed by atoms with Gasteiger partial charge in [0.2, 0.25) is 0 Å². The average molecular weight is 222 g/mol. The second-order valence-corrected chi connectivity index (χ2v) is 5.94. The summed E-state index contributed by atoms with van der Waals surface area (Å²) in [6.07, 6.45) is 9.96. The predicted octanol–water partition coefficient (Wildman–Crippen LogP) is 3.30. The van der Waals surface area contributed by atoms with E-state index in [1.54, 1.807) is 0 Å². The summed E-state index contributed by atoms with van der Waals surface area (Å²) in [7, 11) is 0. The first-order valence-corrected chi connectivity index (χ1v) is 6.06. The smallest absolute Gasteiger partial charge is 0.162 e. The zero-order chi connectivity index (χ0) is 11.8. The molecule has 0 unspecified atom stereocenters. The lowest BCUT2D eigenvalue weighted by molar-refractivity contribution is -0.276. The van der Waals surface area contributed by atoms with Crippen molar-refractivity contribution >= 4 is 0 Å². The van der Waals surface area contributed by atoms with Crippen molar-refractivity contribution in [2.45, 2.75) is 46.5 Å². The Morgan fingerprint density at radius 3 is 2.31 bits per heavy atom. The van der Waals surface area contributed by atoms with Crippen molar-refractivity contribution in [3.8, 4) is 0 Å². The highest BCUT2D eigenvalue weighted by molar-refractivity contribution is 5.21. The van der Waals surface area contributed by atoms with Crippen molar-refractivity contribution in [3.05, 3.63) is 24.3 Å². The molecule has 2 heteroatoms. The van der Waals surface area contributed by atoms with Crippen molar-refractivity contribution in [2.24, 2.45) is 10.8 Å². The zero-order valence-electron chi connectivity index (χ0n) is 10.7. The van der Waals surface area contributed by atoms with Gasteiger partial charge in [-0.2, -0.15) is 0 Å². The third-order valence-electron chi connectivity index (χ3n) is 3.40. The SMILES string of the molecule is C[C@H]1O[C@@H](C(C)(C)C)OCC12C=CCC=C2. The molecule has 1 aliphatic carbocycles. The van der Waals surface area contributed by atoms with Crippen LogP contribution in [0.1, 0.15) is 34.1 Å². The molecule has 0 aromatic heterocycles. The summed E-state index contributed by atoms with van der Waals surface area (Å²) in [6.45, 7) is 9.31. The summed E-state index contributed by atoms with van der Waals surface area (Å²) >= 11 is 0. The van der Waals surface area contributed by atoms with Gasteiger partial charge in [0.25, 0.3) is 0 Å². The van der Waals surface area contributed by atoms with Crippen LogP contribution in [0.4, 0.5) is 0 Å². The first-order chi connectivity index (χ1) is 7.44. The van der Waals surface area contributed by atoms with Crippen LogP contribution >= 0.6 is 0 Å². The van der Waals surface area contributed by atoms with Crippen LogP contribution in [-0.4, -0.2) is 19.0 Å². The highest BCUT2D eigenvalue weighted by Crippen LogP contribution is 2.40. The molecule has 1 saturated heterocycles. The lowest BCUT2D eigenvalue weighted by atomic mass is 9.79. The maximum atomic E-state index is 6.02. The molecule has 1 heterocycles. The van der Waals surface area contributed by atoms with E-state index in [0.717, 1.165) is 13.0 Å². The fourth-order valence-electron chi connectivity index (χ4n) is 2.22. The van der Waals surface area contributed by atoms with Gasteiger partial charge in [-0.15, -0.1) is 0 Å². The third-order valence-corrected chi connectivity index (χ3v) is 3.40. The van der Waals surface area contributed by atoms with E-state index < -0.39 is 0 Å². The van der Waals surface area contributed by atoms with Crippen LogP contribution in [0.2, 0.25) is 0 Å². The van der Waals surface area contributed by atoms with Crippen LogP contribution < -0.4 is 0 Å². The lowest BCUT2D eigenvalue weighted by Gasteiger charge is -2.46. The standard InChI is InChI=1S/C14H22O2/c1-11-14(8-6-5-7-9-14)10-15-12(16-11)13(2,3)4/h6-9,11-12H,5,10H2,1-4H3/t11-,12+/m1/s1. The quantitative estimate of drug-likeness (QED) is 0.585. The largest absolute Gasteiger partial charge is 0.351 e. The fourth-order valence-corrected chi connectivity index (χ4v) is 2.22. The first-order valence-electron chi connectivity index (χ1n) is 6.06. The molecule has 90 valence electrons. The molecule has 0 N–H and O–H groups in total. The Labute approximate surface area is 98.3 Å². The molecule has 2 nitrogen and oxygen atoms in total. The molecule has 2 aliphatic rings. The van der Waals surface area contributed by atoms with Crippen LogP contribution in [0.3, 0.4) is 0 Å². The van der Waals surface area contributed by atoms with Gasteiger partial charge in [-0.05, 0) is 13.3 Å². The molecule has 16 heavy (non-hydrogen) atoms. The summed E-state index contributed by atoms with van der Waals surface area (Å²) in [5.74, 6) is 0. The molecule has 0 aromatic rings. The topological polar surface area (TPSA) is 18.5 Å². The minimum Gasteiger partial charge on any atom is -0.351 e. The van der Waals surface area contributed by atoms with Gasteiger partial charge in [0.15, 0.2) is 6.29 Å². The van der Waals surface area contributed by atoms with Crippen LogP contribution in [0.15, 0.2) is 24.3 Å². The molecule has 2 atom stereocenters. The summed E-state index contributed by atoms with van der Waals surface area (Å²) in [5.41, 5.74) is -0.00202. The molecule has 0 bridgehead atoms. The van der Waals surface area contributed by atoms with E-state index in [1.165, 1.54) is 0 Å². The molecule has 0 radical (unpaired) electrons. The van der Waals surface area contributed by atoms with Gasteiger partial charge >= 0.3 is 0 Å². The van der Waals surface area contributed by atoms with Crippen LogP contribution in [0, 0.1) is 10.8 Å². The zero-order valence-corrected chi connectivity index (χ0v) is 10.7. The Morgan fingerprint density at radius 2 is 1.81 bits per heavy atom. The molecule has 1 aliphatic heterocycles. The molecule has 0 aromatic carbocycles. The van der Waals surface area contributed by atoms with E-state index >= 15 is 0 Å². The fraction of sp³-hybridized carbons (Fsp3) is 0.714. The third kappa shape index (κ3) is 2.09. The monoisotopic (exact) mass is 222 g/mol. The van der Waals surface area contributed by atoms with E-state index in [4.69, 9.17) is 9.47 Å². The van der Waals surface area contributed by atoms with Crippen molar-refractivity contribution in [2.75, 3.05) is 6.61 Å². The molecule has 1 fully saturated rings. The number of ether oxygens (including phenoxy) is 2. The maximum Gasteiger partial charge on any atom is 0.162 e. The summed E-state index contributed by atoms with van der Waals surface area (Å²) in [4.78, 5) is 0. The minimum atomic E-state index is -0.100. The summed E-state index contributed by atoms with van der Waals surface area (Å²) in [5, 5.41) is 0. The van der Waals surface area contributed by atoms with E-state index in [9.17, 15) is 0 Å². The summed E-state index contributed by atoms with van der Waals surface area (Å²) < 4.78 is 11.9. The number of rotatable bonds is 0. The number of hydrogen-bond acceptors (Lipinski definition) is 2. The van der Waals surface area contributed by atoms with Crippen molar-refractivity contribution in [1.82, 2.24) is 0 Å². The van der Waals surface area contributed by atoms with E-state index in [-0.39, 0.29) is 23.2 Å². The van der Waals surface area contributed by atoms with Crippen LogP contribution in [0.5, 0.6) is 0 Å². The Kier molecular flexibility index (Phi) is 2.97. The molecule has 1 spiro atoms. The van der Waals surface area contributed by atoms with Crippen molar-refractivity contribution in [3.63, 3.8) is 0 Å². The van der Waals surface area contributed by atoms with Crippen LogP contribution in [-0.2, 0) is 9.47 Å². The number of allylic oxidation sites excluding steroid dienone is 2. The molecule has 2 rings (SSSR count). The van der Waals surface area contributed by atoms with Gasteiger partial charge in [-0.1, -0.05) is 45.1 Å². The predicted molar refractivity (Wildman–Crippen MR) is 65.1 cm³/mol. The van der Waals surface area contributed by atoms with Crippen molar-refractivity contribution in [1.29, 1.82) is 0 Å². The van der Waals surface area contributed by atoms with Gasteiger partial charge in [0, 0.05) is 5.41 Å². The molecule has 0 saturated carbocycles. The second kappa shape index (κ2) is 4.01. The van der Waals surface area contributed by atoms with Gasteiger partial charge in [0.05, 0.1) is 18.1 Å². The van der Waals surface area contributed by atoms with E-state index in [0.29, 0.717) is 0 Å². The van der Waals surface area contributed by atoms with Gasteiger partial charge in [0.1, 0.15) is 0 Å². The van der Waals surface area contributed by atoms with Crippen LogP contribution in [0.25, 0.3) is 0 Å². The molecular formula is C14H22O2.